The minimum Gasteiger partial charge on any atom is -0.381 e. The van der Waals surface area contributed by atoms with Gasteiger partial charge in [0.2, 0.25) is 5.91 Å². The van der Waals surface area contributed by atoms with Crippen LogP contribution in [0, 0.1) is 11.8 Å². The third-order valence-corrected chi connectivity index (χ3v) is 2.69. The van der Waals surface area contributed by atoms with Crippen LogP contribution in [0.25, 0.3) is 0 Å². The van der Waals surface area contributed by atoms with Crippen LogP contribution >= 0.6 is 12.4 Å². The number of carbonyl (C=O) groups excluding carboxylic acids is 1. The molecule has 0 spiro atoms. The van der Waals surface area contributed by atoms with Crippen molar-refractivity contribution in [2.24, 2.45) is 17.6 Å². The van der Waals surface area contributed by atoms with Crippen molar-refractivity contribution in [2.75, 3.05) is 19.8 Å². The molecule has 0 bridgehead atoms. The van der Waals surface area contributed by atoms with Gasteiger partial charge in [0, 0.05) is 25.6 Å². The highest BCUT2D eigenvalue weighted by Gasteiger charge is 2.28. The number of carbonyl (C=O) groups is 1. The van der Waals surface area contributed by atoms with Crippen LogP contribution in [0.4, 0.5) is 0 Å². The van der Waals surface area contributed by atoms with Gasteiger partial charge in [0.05, 0.1) is 6.61 Å². The van der Waals surface area contributed by atoms with Crippen molar-refractivity contribution in [3.05, 3.63) is 0 Å². The zero-order valence-electron chi connectivity index (χ0n) is 10.8. The summed E-state index contributed by atoms with van der Waals surface area (Å²) in [7, 11) is 0. The van der Waals surface area contributed by atoms with Gasteiger partial charge in [-0.2, -0.15) is 0 Å². The van der Waals surface area contributed by atoms with Gasteiger partial charge >= 0.3 is 0 Å². The Kier molecular flexibility index (Phi) is 8.56. The molecular weight excluding hydrogens is 240 g/mol. The summed E-state index contributed by atoms with van der Waals surface area (Å²) in [5, 5.41) is 2.85. The molecule has 0 aromatic carbocycles. The first-order chi connectivity index (χ1) is 7.59. The molecule has 1 fully saturated rings. The Morgan fingerprint density at radius 1 is 1.47 bits per heavy atom. The van der Waals surface area contributed by atoms with Crippen LogP contribution in [0.5, 0.6) is 0 Å². The van der Waals surface area contributed by atoms with E-state index >= 15 is 0 Å². The molecule has 3 N–H and O–H groups in total. The number of nitrogens with one attached hydrogen (secondary N) is 1. The van der Waals surface area contributed by atoms with E-state index in [2.05, 4.69) is 19.2 Å². The molecule has 0 aromatic heterocycles. The molecule has 1 aliphatic carbocycles. The summed E-state index contributed by atoms with van der Waals surface area (Å²) in [6.45, 7) is 6.01. The standard InChI is InChI=1S/C12H24N2O2.ClH/c1-9(2)8-16-6-5-12(15)14-7-11(13)10-3-4-10;/h9-11H,3-8,13H2,1-2H3,(H,14,15);1H. The van der Waals surface area contributed by atoms with Gasteiger partial charge in [0.25, 0.3) is 0 Å². The third kappa shape index (κ3) is 8.41. The summed E-state index contributed by atoms with van der Waals surface area (Å²) in [6, 6.07) is 0.139. The summed E-state index contributed by atoms with van der Waals surface area (Å²) >= 11 is 0. The highest BCUT2D eigenvalue weighted by molar-refractivity contribution is 5.85. The SMILES string of the molecule is CC(C)COCCC(=O)NCC(N)C1CC1.Cl. The van der Waals surface area contributed by atoms with Gasteiger partial charge in [-0.3, -0.25) is 4.79 Å². The van der Waals surface area contributed by atoms with Gasteiger partial charge < -0.3 is 15.8 Å². The predicted molar refractivity (Wildman–Crippen MR) is 71.2 cm³/mol. The van der Waals surface area contributed by atoms with Gasteiger partial charge in [-0.05, 0) is 24.7 Å². The van der Waals surface area contributed by atoms with Crippen molar-refractivity contribution in [3.8, 4) is 0 Å². The van der Waals surface area contributed by atoms with Crippen LogP contribution in [-0.2, 0) is 9.53 Å². The molecule has 1 unspecified atom stereocenters. The minimum atomic E-state index is 0. The van der Waals surface area contributed by atoms with Crippen molar-refractivity contribution in [3.63, 3.8) is 0 Å². The van der Waals surface area contributed by atoms with E-state index in [4.69, 9.17) is 10.5 Å². The first-order valence-electron chi connectivity index (χ1n) is 6.19. The van der Waals surface area contributed by atoms with Crippen LogP contribution in [0.2, 0.25) is 0 Å². The van der Waals surface area contributed by atoms with E-state index in [1.807, 2.05) is 0 Å². The summed E-state index contributed by atoms with van der Waals surface area (Å²) in [5.74, 6) is 1.20. The van der Waals surface area contributed by atoms with Crippen molar-refractivity contribution in [1.82, 2.24) is 5.32 Å². The molecule has 1 saturated carbocycles. The number of hydrogen-bond acceptors (Lipinski definition) is 3. The Balaban J connectivity index is 0.00000256. The fraction of sp³-hybridized carbons (Fsp3) is 0.917. The summed E-state index contributed by atoms with van der Waals surface area (Å²) in [6.07, 6.45) is 2.87. The van der Waals surface area contributed by atoms with E-state index in [0.717, 1.165) is 6.61 Å². The summed E-state index contributed by atoms with van der Waals surface area (Å²) in [4.78, 5) is 11.4. The van der Waals surface area contributed by atoms with Gasteiger partial charge in [-0.1, -0.05) is 13.8 Å². The smallest absolute Gasteiger partial charge is 0.222 e. The first-order valence-corrected chi connectivity index (χ1v) is 6.19. The maximum Gasteiger partial charge on any atom is 0.222 e. The zero-order valence-corrected chi connectivity index (χ0v) is 11.6. The molecule has 1 rings (SSSR count). The average Bonchev–Trinajstić information content (AvgIpc) is 3.04. The molecular formula is C12H25ClN2O2. The van der Waals surface area contributed by atoms with Gasteiger partial charge in [0.15, 0.2) is 0 Å². The maximum absolute atomic E-state index is 11.4. The van der Waals surface area contributed by atoms with Crippen LogP contribution in [0.1, 0.15) is 33.1 Å². The first kappa shape index (κ1) is 16.7. The highest BCUT2D eigenvalue weighted by atomic mass is 35.5. The zero-order chi connectivity index (χ0) is 12.0. The largest absolute Gasteiger partial charge is 0.381 e. The average molecular weight is 265 g/mol. The predicted octanol–water partition coefficient (Wildman–Crippen LogP) is 1.32. The molecule has 1 aliphatic rings. The number of nitrogens with two attached hydrogens (primary N) is 1. The number of rotatable bonds is 8. The molecule has 17 heavy (non-hydrogen) atoms. The van der Waals surface area contributed by atoms with Crippen LogP contribution in [0.3, 0.4) is 0 Å². The van der Waals surface area contributed by atoms with Gasteiger partial charge in [0.1, 0.15) is 0 Å². The molecule has 0 aliphatic heterocycles. The monoisotopic (exact) mass is 264 g/mol. The fourth-order valence-corrected chi connectivity index (χ4v) is 1.50. The van der Waals surface area contributed by atoms with E-state index in [0.29, 0.717) is 31.4 Å². The molecule has 1 atom stereocenters. The van der Waals surface area contributed by atoms with Crippen molar-refractivity contribution < 1.29 is 9.53 Å². The maximum atomic E-state index is 11.4. The number of halogens is 1. The molecule has 0 radical (unpaired) electrons. The second-order valence-corrected chi connectivity index (χ2v) is 5.02. The van der Waals surface area contributed by atoms with Crippen LogP contribution in [0.15, 0.2) is 0 Å². The topological polar surface area (TPSA) is 64.3 Å². The third-order valence-electron chi connectivity index (χ3n) is 2.69. The fourth-order valence-electron chi connectivity index (χ4n) is 1.50. The number of amides is 1. The lowest BCUT2D eigenvalue weighted by Gasteiger charge is -2.11. The lowest BCUT2D eigenvalue weighted by atomic mass is 10.2. The Morgan fingerprint density at radius 3 is 2.65 bits per heavy atom. The molecule has 5 heteroatoms. The Labute approximate surface area is 110 Å². The second kappa shape index (κ2) is 8.72. The van der Waals surface area contributed by atoms with E-state index in [9.17, 15) is 4.79 Å². The summed E-state index contributed by atoms with van der Waals surface area (Å²) < 4.78 is 5.34. The Hall–Kier alpha value is -0.320. The van der Waals surface area contributed by atoms with Gasteiger partial charge in [-0.25, -0.2) is 0 Å². The van der Waals surface area contributed by atoms with E-state index in [1.54, 1.807) is 0 Å². The molecule has 1 amide bonds. The van der Waals surface area contributed by atoms with E-state index < -0.39 is 0 Å². The Bertz CT molecular complexity index is 221. The molecule has 0 aromatic rings. The Morgan fingerprint density at radius 2 is 2.12 bits per heavy atom. The minimum absolute atomic E-state index is 0. The molecule has 4 nitrogen and oxygen atoms in total. The van der Waals surface area contributed by atoms with Crippen LogP contribution in [-0.4, -0.2) is 31.7 Å². The highest BCUT2D eigenvalue weighted by Crippen LogP contribution is 2.31. The lowest BCUT2D eigenvalue weighted by Crippen LogP contribution is -2.38. The van der Waals surface area contributed by atoms with Crippen molar-refractivity contribution in [2.45, 2.75) is 39.2 Å². The van der Waals surface area contributed by atoms with Crippen LogP contribution < -0.4 is 11.1 Å². The van der Waals surface area contributed by atoms with Gasteiger partial charge in [-0.15, -0.1) is 12.4 Å². The number of ether oxygens (including phenoxy) is 1. The number of hydrogen-bond donors (Lipinski definition) is 2. The quantitative estimate of drug-likeness (QED) is 0.650. The van der Waals surface area contributed by atoms with E-state index in [-0.39, 0.29) is 24.4 Å². The van der Waals surface area contributed by atoms with Crippen molar-refractivity contribution >= 4 is 18.3 Å². The summed E-state index contributed by atoms with van der Waals surface area (Å²) in [5.41, 5.74) is 5.88. The van der Waals surface area contributed by atoms with Crippen molar-refractivity contribution in [1.29, 1.82) is 0 Å². The normalized spacial score (nSPS) is 16.5. The lowest BCUT2D eigenvalue weighted by molar-refractivity contribution is -0.122. The molecule has 102 valence electrons. The van der Waals surface area contributed by atoms with E-state index in [1.165, 1.54) is 12.8 Å². The molecule has 0 heterocycles. The second-order valence-electron chi connectivity index (χ2n) is 5.02. The molecule has 0 saturated heterocycles.